The average molecular weight is 282 g/mol. The van der Waals surface area contributed by atoms with Crippen LogP contribution in [0.4, 0.5) is 26.3 Å². The van der Waals surface area contributed by atoms with E-state index < -0.39 is 28.8 Å². The molecule has 0 radical (unpaired) electrons. The van der Waals surface area contributed by atoms with E-state index in [0.29, 0.717) is 6.42 Å². The van der Waals surface area contributed by atoms with Gasteiger partial charge in [-0.2, -0.15) is 26.3 Å². The molecule has 106 valence electrons. The van der Waals surface area contributed by atoms with Crippen molar-refractivity contribution in [2.75, 3.05) is 0 Å². The first kappa shape index (κ1) is 15.9. The molecule has 0 bridgehead atoms. The van der Waals surface area contributed by atoms with Crippen LogP contribution in [-0.2, 0) is 17.7 Å². The molecule has 0 fully saturated rings. The zero-order chi connectivity index (χ0) is 15.1. The van der Waals surface area contributed by atoms with Crippen molar-refractivity contribution in [2.45, 2.75) is 37.9 Å². The van der Waals surface area contributed by atoms with Gasteiger partial charge in [0.2, 0.25) is 0 Å². The highest BCUT2D eigenvalue weighted by atomic mass is 19.4. The van der Waals surface area contributed by atoms with Crippen molar-refractivity contribution in [3.63, 3.8) is 0 Å². The molecule has 7 heteroatoms. The molecule has 1 aromatic rings. The highest BCUT2D eigenvalue weighted by Gasteiger charge is 2.38. The molecule has 0 heterocycles. The smallest absolute Gasteiger partial charge is 0.166 e. The van der Waals surface area contributed by atoms with E-state index >= 15 is 0 Å². The third-order valence-electron chi connectivity index (χ3n) is 3.25. The summed E-state index contributed by atoms with van der Waals surface area (Å²) in [4.78, 5) is 0. The van der Waals surface area contributed by atoms with Crippen LogP contribution < -0.4 is 0 Å². The molecule has 0 amide bonds. The summed E-state index contributed by atoms with van der Waals surface area (Å²) < 4.78 is 76.0. The molecule has 0 spiro atoms. The molecule has 1 aromatic carbocycles. The van der Waals surface area contributed by atoms with Gasteiger partial charge in [-0.3, -0.25) is 0 Å². The Bertz CT molecular complexity index is 426. The van der Waals surface area contributed by atoms with Crippen LogP contribution in [0.15, 0.2) is 18.2 Å². The molecule has 0 aliphatic carbocycles. The van der Waals surface area contributed by atoms with Gasteiger partial charge in [0.25, 0.3) is 0 Å². The number of hydrogen-bond acceptors (Lipinski definition) is 0. The Hall–Kier alpha value is -1.14. The number of benzene rings is 1. The second kappa shape index (κ2) is 4.76. The molecule has 0 saturated heterocycles. The number of alkyl halides is 6. The molecule has 1 atom stereocenters. The van der Waals surface area contributed by atoms with Gasteiger partial charge in [-0.25, -0.2) is 0 Å². The second-order valence-corrected chi connectivity index (χ2v) is 5.03. The fourth-order valence-electron chi connectivity index (χ4n) is 1.55. The van der Waals surface area contributed by atoms with Gasteiger partial charge in [-0.15, -0.1) is 0 Å². The highest BCUT2D eigenvalue weighted by Crippen LogP contribution is 2.38. The lowest BCUT2D eigenvalue weighted by molar-refractivity contribution is -0.143. The Morgan fingerprint density at radius 2 is 1.16 bits per heavy atom. The predicted molar refractivity (Wildman–Crippen MR) is 62.6 cm³/mol. The van der Waals surface area contributed by atoms with Gasteiger partial charge < -0.3 is 0 Å². The van der Waals surface area contributed by atoms with Gasteiger partial charge >= 0.3 is 12.4 Å². The SMILES string of the molecule is BC(C)(CC)c1cc(C(F)(F)F)cc(C(F)(F)F)c1. The maximum absolute atomic E-state index is 12.7. The van der Waals surface area contributed by atoms with E-state index in [1.807, 2.05) is 0 Å². The lowest BCUT2D eigenvalue weighted by Gasteiger charge is -2.25. The summed E-state index contributed by atoms with van der Waals surface area (Å²) in [6.07, 6.45) is -9.15. The van der Waals surface area contributed by atoms with E-state index in [2.05, 4.69) is 0 Å². The van der Waals surface area contributed by atoms with Crippen LogP contribution in [0.2, 0.25) is 0 Å². The maximum Gasteiger partial charge on any atom is 0.416 e. The van der Waals surface area contributed by atoms with E-state index in [4.69, 9.17) is 0 Å². The van der Waals surface area contributed by atoms with E-state index in [-0.39, 0.29) is 11.6 Å². The van der Waals surface area contributed by atoms with Crippen LogP contribution in [0.25, 0.3) is 0 Å². The van der Waals surface area contributed by atoms with E-state index in [1.165, 1.54) is 0 Å². The van der Waals surface area contributed by atoms with E-state index in [9.17, 15) is 26.3 Å². The Kier molecular flexibility index (Phi) is 3.99. The van der Waals surface area contributed by atoms with Crippen LogP contribution in [0.1, 0.15) is 37.0 Å². The minimum absolute atomic E-state index is 0.0390. The van der Waals surface area contributed by atoms with Crippen LogP contribution in [0, 0.1) is 0 Å². The van der Waals surface area contributed by atoms with Crippen LogP contribution >= 0.6 is 0 Å². The van der Waals surface area contributed by atoms with Crippen LogP contribution in [-0.4, -0.2) is 7.85 Å². The van der Waals surface area contributed by atoms with Crippen molar-refractivity contribution in [1.82, 2.24) is 0 Å². The molecule has 0 saturated carbocycles. The first-order valence-corrected chi connectivity index (χ1v) is 5.68. The Balaban J connectivity index is 3.51. The number of halogens is 6. The van der Waals surface area contributed by atoms with Crippen molar-refractivity contribution in [2.24, 2.45) is 0 Å². The van der Waals surface area contributed by atoms with Crippen LogP contribution in [0.3, 0.4) is 0 Å². The average Bonchev–Trinajstić information content (AvgIpc) is 2.26. The Morgan fingerprint density at radius 1 is 0.842 bits per heavy atom. The zero-order valence-corrected chi connectivity index (χ0v) is 10.7. The molecule has 0 aliphatic heterocycles. The molecule has 0 aromatic heterocycles. The Morgan fingerprint density at radius 3 is 1.42 bits per heavy atom. The van der Waals surface area contributed by atoms with Crippen molar-refractivity contribution in [3.05, 3.63) is 34.9 Å². The molecule has 19 heavy (non-hydrogen) atoms. The summed E-state index contributed by atoms with van der Waals surface area (Å²) >= 11 is 0. The summed E-state index contributed by atoms with van der Waals surface area (Å²) in [7, 11) is 1.61. The van der Waals surface area contributed by atoms with Crippen molar-refractivity contribution in [1.29, 1.82) is 0 Å². The molecule has 1 rings (SSSR count). The predicted octanol–water partition coefficient (Wildman–Crippen LogP) is 3.98. The first-order valence-electron chi connectivity index (χ1n) is 5.68. The quantitative estimate of drug-likeness (QED) is 0.568. The maximum atomic E-state index is 12.7. The van der Waals surface area contributed by atoms with Gasteiger partial charge in [0.1, 0.15) is 7.85 Å². The summed E-state index contributed by atoms with van der Waals surface area (Å²) in [5, 5.41) is -0.749. The van der Waals surface area contributed by atoms with Gasteiger partial charge in [0.05, 0.1) is 11.1 Å². The highest BCUT2D eigenvalue weighted by molar-refractivity contribution is 6.15. The largest absolute Gasteiger partial charge is 0.416 e. The van der Waals surface area contributed by atoms with E-state index in [0.717, 1.165) is 12.1 Å². The summed E-state index contributed by atoms with van der Waals surface area (Å²) in [5.41, 5.74) is -2.49. The fourth-order valence-corrected chi connectivity index (χ4v) is 1.55. The van der Waals surface area contributed by atoms with Crippen LogP contribution in [0.5, 0.6) is 0 Å². The minimum atomic E-state index is -4.79. The fraction of sp³-hybridized carbons (Fsp3) is 0.500. The Labute approximate surface area is 108 Å². The van der Waals surface area contributed by atoms with Crippen molar-refractivity contribution < 1.29 is 26.3 Å². The van der Waals surface area contributed by atoms with Gasteiger partial charge in [0, 0.05) is 0 Å². The van der Waals surface area contributed by atoms with Gasteiger partial charge in [-0.05, 0) is 29.1 Å². The van der Waals surface area contributed by atoms with Crippen molar-refractivity contribution in [3.8, 4) is 0 Å². The van der Waals surface area contributed by atoms with Crippen molar-refractivity contribution >= 4 is 7.85 Å². The molecular weight excluding hydrogens is 269 g/mol. The summed E-state index contributed by atoms with van der Waals surface area (Å²) in [5.74, 6) is 0. The minimum Gasteiger partial charge on any atom is -0.166 e. The number of rotatable bonds is 2. The normalized spacial score (nSPS) is 16.2. The third-order valence-corrected chi connectivity index (χ3v) is 3.25. The topological polar surface area (TPSA) is 0 Å². The lowest BCUT2D eigenvalue weighted by Crippen LogP contribution is -2.23. The van der Waals surface area contributed by atoms with Gasteiger partial charge in [-0.1, -0.05) is 20.3 Å². The first-order chi connectivity index (χ1) is 8.38. The monoisotopic (exact) mass is 282 g/mol. The summed E-state index contributed by atoms with van der Waals surface area (Å²) in [6, 6.07) is 1.73. The second-order valence-electron chi connectivity index (χ2n) is 5.03. The molecular formula is C12H13BF6. The number of hydrogen-bond donors (Lipinski definition) is 0. The third kappa shape index (κ3) is 3.67. The molecule has 0 aliphatic rings. The molecule has 0 nitrogen and oxygen atoms in total. The van der Waals surface area contributed by atoms with Gasteiger partial charge in [0.15, 0.2) is 0 Å². The molecule has 1 unspecified atom stereocenters. The van der Waals surface area contributed by atoms with E-state index in [1.54, 1.807) is 21.7 Å². The lowest BCUT2D eigenvalue weighted by atomic mass is 9.63. The molecule has 0 N–H and O–H groups in total. The summed E-state index contributed by atoms with van der Waals surface area (Å²) in [6.45, 7) is 3.33. The zero-order valence-electron chi connectivity index (χ0n) is 10.7. The standard InChI is InChI=1S/C12H13BF6/c1-3-10(2,13)7-4-8(11(14,15)16)6-9(5-7)12(17,18)19/h4-6H,3,13H2,1-2H3.